The summed E-state index contributed by atoms with van der Waals surface area (Å²) in [6.45, 7) is 2.01. The summed E-state index contributed by atoms with van der Waals surface area (Å²) in [5, 5.41) is 5.70. The van der Waals surface area contributed by atoms with Gasteiger partial charge >= 0.3 is 0 Å². The van der Waals surface area contributed by atoms with E-state index in [9.17, 15) is 18.0 Å². The standard InChI is InChI=1S/C24H23ClN2O4S/c1-16-6-8-17(9-7-16)10-13-23(28)26-19-11-12-22(21(25)15-19)27-24(29)18-4-3-5-20(14-18)32(2,30)31/h3-9,11-12,14-15H,10,13H2,1-2H3,(H,26,28)(H,27,29). The first-order valence-electron chi connectivity index (χ1n) is 9.88. The van der Waals surface area contributed by atoms with Crippen LogP contribution in [-0.4, -0.2) is 26.5 Å². The van der Waals surface area contributed by atoms with Crippen LogP contribution < -0.4 is 10.6 Å². The van der Waals surface area contributed by atoms with Crippen LogP contribution in [-0.2, 0) is 21.1 Å². The van der Waals surface area contributed by atoms with Crippen molar-refractivity contribution in [1.29, 1.82) is 0 Å². The molecular formula is C24H23ClN2O4S. The van der Waals surface area contributed by atoms with Crippen LogP contribution in [0.3, 0.4) is 0 Å². The fourth-order valence-electron chi connectivity index (χ4n) is 2.99. The molecule has 0 fully saturated rings. The number of benzene rings is 3. The van der Waals surface area contributed by atoms with E-state index in [1.807, 2.05) is 31.2 Å². The predicted octanol–water partition coefficient (Wildman–Crippen LogP) is 4.88. The maximum atomic E-state index is 12.5. The molecule has 6 nitrogen and oxygen atoms in total. The zero-order chi connectivity index (χ0) is 23.3. The zero-order valence-corrected chi connectivity index (χ0v) is 19.3. The maximum absolute atomic E-state index is 12.5. The van der Waals surface area contributed by atoms with Crippen LogP contribution in [0, 0.1) is 6.92 Å². The van der Waals surface area contributed by atoms with Gasteiger partial charge in [-0.3, -0.25) is 9.59 Å². The molecule has 0 atom stereocenters. The summed E-state index contributed by atoms with van der Waals surface area (Å²) in [4.78, 5) is 24.8. The van der Waals surface area contributed by atoms with E-state index in [0.29, 0.717) is 24.2 Å². The van der Waals surface area contributed by atoms with Gasteiger partial charge in [-0.15, -0.1) is 0 Å². The van der Waals surface area contributed by atoms with Crippen LogP contribution in [0.2, 0.25) is 5.02 Å². The van der Waals surface area contributed by atoms with Gasteiger partial charge in [0.15, 0.2) is 9.84 Å². The molecule has 3 rings (SSSR count). The van der Waals surface area contributed by atoms with E-state index in [1.165, 1.54) is 29.8 Å². The number of carbonyl (C=O) groups excluding carboxylic acids is 2. The molecule has 2 N–H and O–H groups in total. The number of halogens is 1. The van der Waals surface area contributed by atoms with E-state index < -0.39 is 15.7 Å². The third-order valence-electron chi connectivity index (χ3n) is 4.79. The molecule has 0 bridgehead atoms. The first-order valence-corrected chi connectivity index (χ1v) is 12.2. The maximum Gasteiger partial charge on any atom is 0.255 e. The average molecular weight is 471 g/mol. The van der Waals surface area contributed by atoms with Gasteiger partial charge in [-0.2, -0.15) is 0 Å². The van der Waals surface area contributed by atoms with Crippen LogP contribution in [0.1, 0.15) is 27.9 Å². The van der Waals surface area contributed by atoms with Gasteiger partial charge in [-0.05, 0) is 55.3 Å². The fraction of sp³-hybridized carbons (Fsp3) is 0.167. The number of sulfone groups is 1. The number of nitrogens with one attached hydrogen (secondary N) is 2. The SMILES string of the molecule is Cc1ccc(CCC(=O)Nc2ccc(NC(=O)c3cccc(S(C)(=O)=O)c3)c(Cl)c2)cc1. The van der Waals surface area contributed by atoms with E-state index in [2.05, 4.69) is 10.6 Å². The van der Waals surface area contributed by atoms with E-state index in [-0.39, 0.29) is 21.4 Å². The lowest BCUT2D eigenvalue weighted by atomic mass is 10.1. The Bertz CT molecular complexity index is 1260. The van der Waals surface area contributed by atoms with Crippen molar-refractivity contribution in [2.75, 3.05) is 16.9 Å². The highest BCUT2D eigenvalue weighted by atomic mass is 35.5. The first kappa shape index (κ1) is 23.5. The topological polar surface area (TPSA) is 92.3 Å². The van der Waals surface area contributed by atoms with Gasteiger partial charge in [-0.1, -0.05) is 47.5 Å². The quantitative estimate of drug-likeness (QED) is 0.515. The van der Waals surface area contributed by atoms with Gasteiger partial charge in [-0.25, -0.2) is 8.42 Å². The normalized spacial score (nSPS) is 11.1. The van der Waals surface area contributed by atoms with Crippen molar-refractivity contribution >= 4 is 44.6 Å². The van der Waals surface area contributed by atoms with Crippen LogP contribution in [0.15, 0.2) is 71.6 Å². The molecule has 2 amide bonds. The molecule has 8 heteroatoms. The van der Waals surface area contributed by atoms with Gasteiger partial charge in [0.1, 0.15) is 0 Å². The van der Waals surface area contributed by atoms with E-state index in [4.69, 9.17) is 11.6 Å². The highest BCUT2D eigenvalue weighted by Gasteiger charge is 2.13. The molecule has 0 unspecified atom stereocenters. The van der Waals surface area contributed by atoms with Crippen molar-refractivity contribution in [3.63, 3.8) is 0 Å². The lowest BCUT2D eigenvalue weighted by Gasteiger charge is -2.11. The van der Waals surface area contributed by atoms with Gasteiger partial charge in [0.25, 0.3) is 5.91 Å². The molecule has 0 aliphatic heterocycles. The van der Waals surface area contributed by atoms with Gasteiger partial charge < -0.3 is 10.6 Å². The van der Waals surface area contributed by atoms with Crippen LogP contribution >= 0.6 is 11.6 Å². The predicted molar refractivity (Wildman–Crippen MR) is 127 cm³/mol. The Morgan fingerprint density at radius 2 is 1.66 bits per heavy atom. The Morgan fingerprint density at radius 3 is 2.31 bits per heavy atom. The molecule has 0 radical (unpaired) electrons. The van der Waals surface area contributed by atoms with Crippen molar-refractivity contribution in [2.45, 2.75) is 24.7 Å². The smallest absolute Gasteiger partial charge is 0.255 e. The number of amides is 2. The minimum Gasteiger partial charge on any atom is -0.326 e. The molecule has 166 valence electrons. The highest BCUT2D eigenvalue weighted by Crippen LogP contribution is 2.26. The fourth-order valence-corrected chi connectivity index (χ4v) is 3.89. The van der Waals surface area contributed by atoms with Crippen molar-refractivity contribution in [3.05, 3.63) is 88.4 Å². The molecule has 3 aromatic carbocycles. The molecule has 32 heavy (non-hydrogen) atoms. The second kappa shape index (κ2) is 9.97. The van der Waals surface area contributed by atoms with Crippen molar-refractivity contribution in [1.82, 2.24) is 0 Å². The molecule has 0 saturated carbocycles. The molecule has 0 heterocycles. The average Bonchev–Trinajstić information content (AvgIpc) is 2.74. The number of hydrogen-bond acceptors (Lipinski definition) is 4. The van der Waals surface area contributed by atoms with Crippen LogP contribution in [0.25, 0.3) is 0 Å². The number of hydrogen-bond donors (Lipinski definition) is 2. The molecule has 0 aliphatic rings. The molecule has 0 aromatic heterocycles. The van der Waals surface area contributed by atoms with Crippen molar-refractivity contribution in [2.24, 2.45) is 0 Å². The first-order chi connectivity index (χ1) is 15.1. The third-order valence-corrected chi connectivity index (χ3v) is 6.21. The lowest BCUT2D eigenvalue weighted by Crippen LogP contribution is -2.14. The molecule has 0 spiro atoms. The summed E-state index contributed by atoms with van der Waals surface area (Å²) in [6, 6.07) is 18.5. The Balaban J connectivity index is 1.61. The van der Waals surface area contributed by atoms with Crippen molar-refractivity contribution < 1.29 is 18.0 Å². The number of aryl methyl sites for hydroxylation is 2. The second-order valence-electron chi connectivity index (χ2n) is 7.48. The van der Waals surface area contributed by atoms with Gasteiger partial charge in [0.05, 0.1) is 15.6 Å². The summed E-state index contributed by atoms with van der Waals surface area (Å²) in [5.41, 5.74) is 3.31. The van der Waals surface area contributed by atoms with E-state index >= 15 is 0 Å². The van der Waals surface area contributed by atoms with E-state index in [1.54, 1.807) is 18.2 Å². The zero-order valence-electron chi connectivity index (χ0n) is 17.7. The van der Waals surface area contributed by atoms with Gasteiger partial charge in [0.2, 0.25) is 5.91 Å². The monoisotopic (exact) mass is 470 g/mol. The molecule has 0 aliphatic carbocycles. The highest BCUT2D eigenvalue weighted by molar-refractivity contribution is 7.90. The summed E-state index contributed by atoms with van der Waals surface area (Å²) in [7, 11) is -3.43. The summed E-state index contributed by atoms with van der Waals surface area (Å²) >= 11 is 6.27. The van der Waals surface area contributed by atoms with Crippen LogP contribution in [0.5, 0.6) is 0 Å². The van der Waals surface area contributed by atoms with Crippen molar-refractivity contribution in [3.8, 4) is 0 Å². The minimum absolute atomic E-state index is 0.0555. The second-order valence-corrected chi connectivity index (χ2v) is 9.91. The minimum atomic E-state index is -3.43. The summed E-state index contributed by atoms with van der Waals surface area (Å²) < 4.78 is 23.4. The Labute approximate surface area is 192 Å². The Hall–Kier alpha value is -3.16. The summed E-state index contributed by atoms with van der Waals surface area (Å²) in [5.74, 6) is -0.636. The molecular weight excluding hydrogens is 448 g/mol. The largest absolute Gasteiger partial charge is 0.326 e. The molecule has 0 saturated heterocycles. The number of rotatable bonds is 7. The number of anilines is 2. The summed E-state index contributed by atoms with van der Waals surface area (Å²) in [6.07, 6.45) is 2.03. The van der Waals surface area contributed by atoms with Gasteiger partial charge in [0, 0.05) is 23.9 Å². The van der Waals surface area contributed by atoms with Crippen LogP contribution in [0.4, 0.5) is 11.4 Å². The van der Waals surface area contributed by atoms with E-state index in [0.717, 1.165) is 11.8 Å². The Kier molecular flexibility index (Phi) is 7.33. The Morgan fingerprint density at radius 1 is 0.938 bits per heavy atom. The number of carbonyl (C=O) groups is 2. The third kappa shape index (κ3) is 6.42. The molecule has 3 aromatic rings. The lowest BCUT2D eigenvalue weighted by molar-refractivity contribution is -0.116.